The van der Waals surface area contributed by atoms with Crippen LogP contribution in [0.1, 0.15) is 92.4 Å². The second-order valence-electron chi connectivity index (χ2n) is 13.8. The number of aliphatic imine (C=N–C) groups is 1. The Kier molecular flexibility index (Phi) is 7.87. The van der Waals surface area contributed by atoms with Crippen molar-refractivity contribution in [2.45, 2.75) is 92.4 Å². The van der Waals surface area contributed by atoms with Gasteiger partial charge in [-0.2, -0.15) is 0 Å². The molecule has 0 amide bonds. The molecule has 5 rings (SSSR count). The highest BCUT2D eigenvalue weighted by atomic mass is 16.5. The van der Waals surface area contributed by atoms with Crippen molar-refractivity contribution in [3.05, 3.63) is 47.7 Å². The van der Waals surface area contributed by atoms with E-state index in [1.54, 1.807) is 7.11 Å². The Bertz CT molecular complexity index is 1080. The maximum absolute atomic E-state index is 6.16. The third-order valence-corrected chi connectivity index (χ3v) is 11.4. The van der Waals surface area contributed by atoms with Crippen LogP contribution in [-0.2, 0) is 4.74 Å². The van der Waals surface area contributed by atoms with Crippen LogP contribution in [0.2, 0.25) is 0 Å². The summed E-state index contributed by atoms with van der Waals surface area (Å²) < 4.78 is 11.5. The van der Waals surface area contributed by atoms with Gasteiger partial charge in [-0.05, 0) is 121 Å². The number of methoxy groups -OCH3 is 2. The van der Waals surface area contributed by atoms with Crippen LogP contribution in [0.15, 0.2) is 52.7 Å². The number of hydrogen-bond acceptors (Lipinski definition) is 3. The van der Waals surface area contributed by atoms with Gasteiger partial charge in [0.1, 0.15) is 11.5 Å². The molecule has 0 bridgehead atoms. The molecule has 4 aliphatic rings. The quantitative estimate of drug-likeness (QED) is 0.344. The molecule has 2 saturated carbocycles. The molecule has 0 aromatic heterocycles. The van der Waals surface area contributed by atoms with E-state index in [9.17, 15) is 0 Å². The predicted octanol–water partition coefficient (Wildman–Crippen LogP) is 9.56. The summed E-state index contributed by atoms with van der Waals surface area (Å²) in [5, 5.41) is 0. The van der Waals surface area contributed by atoms with Crippen LogP contribution in [0.5, 0.6) is 5.75 Å². The molecule has 1 aromatic carbocycles. The second-order valence-corrected chi connectivity index (χ2v) is 13.8. The van der Waals surface area contributed by atoms with Gasteiger partial charge in [-0.15, -0.1) is 0 Å². The smallest absolute Gasteiger partial charge is 0.119 e. The van der Waals surface area contributed by atoms with Crippen LogP contribution in [0, 0.1) is 46.3 Å². The highest BCUT2D eigenvalue weighted by Gasteiger charge is 2.59. The lowest BCUT2D eigenvalue weighted by molar-refractivity contribution is -0.0302. The first-order chi connectivity index (χ1) is 18.2. The van der Waals surface area contributed by atoms with Crippen LogP contribution in [-0.4, -0.2) is 19.9 Å². The average molecular weight is 518 g/mol. The zero-order chi connectivity index (χ0) is 27.1. The maximum Gasteiger partial charge on any atom is 0.119 e. The van der Waals surface area contributed by atoms with E-state index in [0.717, 1.165) is 53.7 Å². The van der Waals surface area contributed by atoms with Crippen molar-refractivity contribution in [1.82, 2.24) is 0 Å². The molecule has 4 aliphatic carbocycles. The minimum atomic E-state index is 0.173. The molecule has 1 aromatic rings. The topological polar surface area (TPSA) is 30.8 Å². The third kappa shape index (κ3) is 4.88. The molecular formula is C35H51NO2. The fourth-order valence-electron chi connectivity index (χ4n) is 9.21. The Morgan fingerprint density at radius 2 is 1.68 bits per heavy atom. The first-order valence-corrected chi connectivity index (χ1v) is 15.4. The highest BCUT2D eigenvalue weighted by molar-refractivity contribution is 5.99. The number of ether oxygens (including phenoxy) is 2. The Morgan fingerprint density at radius 3 is 2.37 bits per heavy atom. The van der Waals surface area contributed by atoms with Gasteiger partial charge in [0.15, 0.2) is 0 Å². The van der Waals surface area contributed by atoms with Crippen LogP contribution < -0.4 is 4.74 Å². The van der Waals surface area contributed by atoms with E-state index in [0.29, 0.717) is 17.3 Å². The van der Waals surface area contributed by atoms with Crippen LogP contribution in [0.4, 0.5) is 5.69 Å². The van der Waals surface area contributed by atoms with E-state index >= 15 is 0 Å². The summed E-state index contributed by atoms with van der Waals surface area (Å²) in [5.74, 6) is 6.67. The van der Waals surface area contributed by atoms with Crippen LogP contribution in [0.25, 0.3) is 0 Å². The third-order valence-electron chi connectivity index (χ3n) is 11.4. The van der Waals surface area contributed by atoms with Gasteiger partial charge in [-0.25, -0.2) is 0 Å². The zero-order valence-electron chi connectivity index (χ0n) is 25.1. The van der Waals surface area contributed by atoms with Crippen molar-refractivity contribution < 1.29 is 9.47 Å². The van der Waals surface area contributed by atoms with Crippen LogP contribution in [0.3, 0.4) is 0 Å². The lowest BCUT2D eigenvalue weighted by atomic mass is 9.47. The van der Waals surface area contributed by atoms with E-state index in [1.165, 1.54) is 56.2 Å². The summed E-state index contributed by atoms with van der Waals surface area (Å²) in [6.45, 7) is 12.5. The fourth-order valence-corrected chi connectivity index (χ4v) is 9.21. The number of allylic oxidation sites excluding steroid dienone is 3. The SMILES string of the molecule is COC1=C[C@H]2[C@@H]3CC[C@H]([C@H](C)CCCC(C)C)[C@@]3(C)CC[C@@H]2[C@@]2(C)CCC(=Nc3ccc(OC)cc3)C=C12. The van der Waals surface area contributed by atoms with Gasteiger partial charge in [0.2, 0.25) is 0 Å². The number of nitrogens with zero attached hydrogens (tertiary/aromatic N) is 1. The zero-order valence-corrected chi connectivity index (χ0v) is 25.1. The number of benzene rings is 1. The fraction of sp³-hybridized carbons (Fsp3) is 0.686. The van der Waals surface area contributed by atoms with Crippen molar-refractivity contribution in [2.24, 2.45) is 51.3 Å². The lowest BCUT2D eigenvalue weighted by Gasteiger charge is -2.57. The van der Waals surface area contributed by atoms with Crippen molar-refractivity contribution in [3.63, 3.8) is 0 Å². The van der Waals surface area contributed by atoms with Crippen molar-refractivity contribution in [3.8, 4) is 5.75 Å². The first-order valence-electron chi connectivity index (χ1n) is 15.4. The van der Waals surface area contributed by atoms with Crippen molar-refractivity contribution in [1.29, 1.82) is 0 Å². The summed E-state index contributed by atoms with van der Waals surface area (Å²) in [4.78, 5) is 5.02. The summed E-state index contributed by atoms with van der Waals surface area (Å²) >= 11 is 0. The standard InChI is InChI=1S/C35H51NO2/c1-23(2)9-8-10-24(3)29-15-16-30-28-22-33(38-7)32-21-26(36-25-11-13-27(37-6)14-12-25)17-19-35(32,5)31(28)18-20-34(29,30)4/h11-14,21-24,28-31H,8-10,15-20H2,1-7H3/t24-,28+,29-,30+,31+,34-,35-/m1/s1. The van der Waals surface area contributed by atoms with E-state index in [1.807, 2.05) is 31.4 Å². The molecule has 7 atom stereocenters. The number of hydrogen-bond donors (Lipinski definition) is 0. The number of rotatable bonds is 8. The van der Waals surface area contributed by atoms with E-state index in [-0.39, 0.29) is 5.41 Å². The Balaban J connectivity index is 1.40. The molecule has 0 aliphatic heterocycles. The second kappa shape index (κ2) is 10.9. The normalized spacial score (nSPS) is 36.2. The summed E-state index contributed by atoms with van der Waals surface area (Å²) in [6, 6.07) is 8.07. The summed E-state index contributed by atoms with van der Waals surface area (Å²) in [5.41, 5.74) is 4.19. The molecule has 0 unspecified atom stereocenters. The van der Waals surface area contributed by atoms with Gasteiger partial charge in [-0.3, -0.25) is 4.99 Å². The molecule has 3 nitrogen and oxygen atoms in total. The molecule has 0 N–H and O–H groups in total. The van der Waals surface area contributed by atoms with E-state index in [4.69, 9.17) is 14.5 Å². The molecule has 0 heterocycles. The molecule has 3 heteroatoms. The predicted molar refractivity (Wildman–Crippen MR) is 159 cm³/mol. The maximum atomic E-state index is 6.16. The first kappa shape index (κ1) is 27.5. The minimum Gasteiger partial charge on any atom is -0.497 e. The summed E-state index contributed by atoms with van der Waals surface area (Å²) in [7, 11) is 3.58. The van der Waals surface area contributed by atoms with Crippen LogP contribution >= 0.6 is 0 Å². The van der Waals surface area contributed by atoms with Gasteiger partial charge < -0.3 is 9.47 Å². The molecular weight excluding hydrogens is 466 g/mol. The molecule has 0 radical (unpaired) electrons. The monoisotopic (exact) mass is 517 g/mol. The average Bonchev–Trinajstić information content (AvgIpc) is 3.26. The van der Waals surface area contributed by atoms with Gasteiger partial charge in [-0.1, -0.05) is 53.9 Å². The van der Waals surface area contributed by atoms with Gasteiger partial charge in [0.05, 0.1) is 19.9 Å². The number of fused-ring (bicyclic) bond motifs is 5. The molecule has 38 heavy (non-hydrogen) atoms. The lowest BCUT2D eigenvalue weighted by Crippen LogP contribution is -2.50. The van der Waals surface area contributed by atoms with Crippen molar-refractivity contribution >= 4 is 11.4 Å². The van der Waals surface area contributed by atoms with Gasteiger partial charge >= 0.3 is 0 Å². The Morgan fingerprint density at radius 1 is 0.921 bits per heavy atom. The molecule has 0 saturated heterocycles. The Hall–Kier alpha value is -2.03. The van der Waals surface area contributed by atoms with Gasteiger partial charge in [0, 0.05) is 11.3 Å². The minimum absolute atomic E-state index is 0.173. The van der Waals surface area contributed by atoms with Gasteiger partial charge in [0.25, 0.3) is 0 Å². The molecule has 208 valence electrons. The molecule has 2 fully saturated rings. The Labute approximate surface area is 232 Å². The molecule has 0 spiro atoms. The van der Waals surface area contributed by atoms with Crippen molar-refractivity contribution in [2.75, 3.05) is 14.2 Å². The largest absolute Gasteiger partial charge is 0.497 e. The van der Waals surface area contributed by atoms with E-state index in [2.05, 4.69) is 46.8 Å². The highest BCUT2D eigenvalue weighted by Crippen LogP contribution is 2.67. The summed E-state index contributed by atoms with van der Waals surface area (Å²) in [6.07, 6.45) is 16.8. The van der Waals surface area contributed by atoms with E-state index < -0.39 is 0 Å².